The topological polar surface area (TPSA) is 57.8 Å². The zero-order valence-electron chi connectivity index (χ0n) is 15.1. The Morgan fingerprint density at radius 3 is 2.78 bits per heavy atom. The van der Waals surface area contributed by atoms with Gasteiger partial charge in [-0.2, -0.15) is 0 Å². The molecule has 0 saturated heterocycles. The number of carbonyl (C=O) groups is 1. The Labute approximate surface area is 157 Å². The minimum Gasteiger partial charge on any atom is -0.349 e. The van der Waals surface area contributed by atoms with Crippen LogP contribution < -0.4 is 5.32 Å². The fraction of sp³-hybridized carbons (Fsp3) is 0.333. The van der Waals surface area contributed by atoms with Gasteiger partial charge in [-0.15, -0.1) is 0 Å². The lowest BCUT2D eigenvalue weighted by atomic mass is 10.1. The van der Waals surface area contributed by atoms with Crippen molar-refractivity contribution in [1.29, 1.82) is 0 Å². The number of benzene rings is 2. The molecule has 0 atom stereocenters. The second-order valence-electron chi connectivity index (χ2n) is 6.55. The summed E-state index contributed by atoms with van der Waals surface area (Å²) in [6, 6.07) is 12.2. The van der Waals surface area contributed by atoms with Gasteiger partial charge in [0.1, 0.15) is 11.6 Å². The second-order valence-corrected chi connectivity index (χ2v) is 6.55. The molecule has 0 bridgehead atoms. The van der Waals surface area contributed by atoms with Gasteiger partial charge in [-0.05, 0) is 55.0 Å². The van der Waals surface area contributed by atoms with Crippen molar-refractivity contribution in [3.63, 3.8) is 0 Å². The van der Waals surface area contributed by atoms with Crippen LogP contribution in [-0.2, 0) is 24.2 Å². The maximum Gasteiger partial charge on any atom is 0.220 e. The van der Waals surface area contributed by atoms with Crippen molar-refractivity contribution in [2.45, 2.75) is 38.6 Å². The predicted molar refractivity (Wildman–Crippen MR) is 102 cm³/mol. The number of para-hydroxylation sites is 1. The molecule has 0 aliphatic heterocycles. The summed E-state index contributed by atoms with van der Waals surface area (Å²) in [5, 5.41) is 2.85. The Kier molecular flexibility index (Phi) is 6.52. The minimum atomic E-state index is -0.348. The molecule has 3 aromatic rings. The van der Waals surface area contributed by atoms with Crippen LogP contribution in [0, 0.1) is 5.82 Å². The molecule has 0 aliphatic rings. The number of carbonyl (C=O) groups excluding carboxylic acids is 1. The van der Waals surface area contributed by atoms with E-state index in [2.05, 4.69) is 15.3 Å². The average molecular weight is 371 g/mol. The van der Waals surface area contributed by atoms with Gasteiger partial charge in [0.05, 0.1) is 24.3 Å². The van der Waals surface area contributed by atoms with E-state index in [9.17, 15) is 13.6 Å². The number of H-pyrrole nitrogens is 1. The first-order chi connectivity index (χ1) is 13.2. The van der Waals surface area contributed by atoms with E-state index in [-0.39, 0.29) is 18.4 Å². The fourth-order valence-corrected chi connectivity index (χ4v) is 3.10. The molecule has 2 N–H and O–H groups in total. The Morgan fingerprint density at radius 1 is 1.11 bits per heavy atom. The lowest BCUT2D eigenvalue weighted by molar-refractivity contribution is -0.121. The molecule has 27 heavy (non-hydrogen) atoms. The van der Waals surface area contributed by atoms with Crippen LogP contribution in [0.25, 0.3) is 11.0 Å². The summed E-state index contributed by atoms with van der Waals surface area (Å²) in [7, 11) is 0. The van der Waals surface area contributed by atoms with E-state index in [0.29, 0.717) is 44.5 Å². The minimum absolute atomic E-state index is 0.0653. The van der Waals surface area contributed by atoms with Crippen LogP contribution in [0.1, 0.15) is 36.2 Å². The monoisotopic (exact) mass is 371 g/mol. The number of hydrogen-bond donors (Lipinski definition) is 2. The summed E-state index contributed by atoms with van der Waals surface area (Å²) < 4.78 is 25.6. The van der Waals surface area contributed by atoms with E-state index in [4.69, 9.17) is 0 Å². The maximum absolute atomic E-state index is 13.1. The molecule has 6 heteroatoms. The molecule has 142 valence electrons. The highest BCUT2D eigenvalue weighted by atomic mass is 19.1. The molecule has 4 nitrogen and oxygen atoms in total. The summed E-state index contributed by atoms with van der Waals surface area (Å²) in [5.41, 5.74) is 3.62. The Bertz CT molecular complexity index is 907. The van der Waals surface area contributed by atoms with E-state index in [1.807, 2.05) is 24.3 Å². The summed E-state index contributed by atoms with van der Waals surface area (Å²) in [6.45, 7) is -0.0324. The van der Waals surface area contributed by atoms with Gasteiger partial charge in [-0.3, -0.25) is 9.18 Å². The Hall–Kier alpha value is -2.76. The van der Waals surface area contributed by atoms with Crippen molar-refractivity contribution in [3.8, 4) is 0 Å². The number of aryl methyl sites for hydroxylation is 2. The van der Waals surface area contributed by atoms with E-state index in [0.717, 1.165) is 22.2 Å². The van der Waals surface area contributed by atoms with Gasteiger partial charge >= 0.3 is 0 Å². The van der Waals surface area contributed by atoms with Crippen LogP contribution in [0.4, 0.5) is 8.78 Å². The van der Waals surface area contributed by atoms with E-state index in [1.54, 1.807) is 6.07 Å². The molecule has 1 aromatic heterocycles. The van der Waals surface area contributed by atoms with Crippen LogP contribution in [0.2, 0.25) is 0 Å². The second kappa shape index (κ2) is 9.26. The average Bonchev–Trinajstić information content (AvgIpc) is 3.08. The third-order valence-corrected chi connectivity index (χ3v) is 4.44. The molecule has 0 spiro atoms. The molecular formula is C21H23F2N3O. The molecular weight excluding hydrogens is 348 g/mol. The normalized spacial score (nSPS) is 11.0. The lowest BCUT2D eigenvalue weighted by Crippen LogP contribution is -2.23. The summed E-state index contributed by atoms with van der Waals surface area (Å²) in [4.78, 5) is 19.8. The number of alkyl halides is 1. The smallest absolute Gasteiger partial charge is 0.220 e. The number of amides is 1. The van der Waals surface area contributed by atoms with Gasteiger partial charge < -0.3 is 10.3 Å². The van der Waals surface area contributed by atoms with Crippen LogP contribution >= 0.6 is 0 Å². The fourth-order valence-electron chi connectivity index (χ4n) is 3.10. The number of hydrogen-bond acceptors (Lipinski definition) is 2. The predicted octanol–water partition coefficient (Wildman–Crippen LogP) is 4.24. The summed E-state index contributed by atoms with van der Waals surface area (Å²) >= 11 is 0. The number of nitrogens with one attached hydrogen (secondary N) is 2. The van der Waals surface area contributed by atoms with Crippen molar-refractivity contribution in [2.24, 2.45) is 0 Å². The maximum atomic E-state index is 13.1. The van der Waals surface area contributed by atoms with Gasteiger partial charge in [-0.1, -0.05) is 24.3 Å². The Morgan fingerprint density at radius 2 is 1.96 bits per heavy atom. The zero-order valence-corrected chi connectivity index (χ0v) is 15.1. The first-order valence-electron chi connectivity index (χ1n) is 9.19. The van der Waals surface area contributed by atoms with Crippen molar-refractivity contribution >= 4 is 16.9 Å². The third kappa shape index (κ3) is 5.36. The number of halogens is 2. The number of fused-ring (bicyclic) bond motifs is 1. The molecule has 0 radical (unpaired) electrons. The molecule has 2 aromatic carbocycles. The number of nitrogens with zero attached hydrogens (tertiary/aromatic N) is 1. The van der Waals surface area contributed by atoms with E-state index in [1.165, 1.54) is 12.1 Å². The molecule has 3 rings (SSSR count). The van der Waals surface area contributed by atoms with Gasteiger partial charge in [0.25, 0.3) is 0 Å². The number of aromatic amines is 1. The molecule has 1 amide bonds. The van der Waals surface area contributed by atoms with Crippen LogP contribution in [0.15, 0.2) is 42.5 Å². The van der Waals surface area contributed by atoms with Crippen LogP contribution in [0.5, 0.6) is 0 Å². The van der Waals surface area contributed by atoms with Gasteiger partial charge in [0, 0.05) is 6.42 Å². The van der Waals surface area contributed by atoms with Crippen molar-refractivity contribution in [3.05, 3.63) is 65.2 Å². The van der Waals surface area contributed by atoms with Crippen LogP contribution in [-0.4, -0.2) is 22.5 Å². The van der Waals surface area contributed by atoms with Gasteiger partial charge in [0.2, 0.25) is 5.91 Å². The third-order valence-electron chi connectivity index (χ3n) is 4.44. The first kappa shape index (κ1) is 19.0. The number of rotatable bonds is 9. The van der Waals surface area contributed by atoms with Crippen LogP contribution in [0.3, 0.4) is 0 Å². The number of imidazole rings is 1. The highest BCUT2D eigenvalue weighted by Crippen LogP contribution is 2.18. The standard InChI is InChI=1S/C21H23F2N3O/c22-12-4-8-16-7-3-10-18-21(16)26-19(25-18)14-24-20(27)11-2-6-15-5-1-9-17(23)13-15/h1,3,5,7,9-10,13H,2,4,6,8,11-12,14H2,(H,24,27)(H,25,26). The Balaban J connectivity index is 1.49. The van der Waals surface area contributed by atoms with E-state index >= 15 is 0 Å². The van der Waals surface area contributed by atoms with Gasteiger partial charge in [0.15, 0.2) is 0 Å². The molecule has 0 unspecified atom stereocenters. The van der Waals surface area contributed by atoms with E-state index < -0.39 is 0 Å². The SMILES string of the molecule is O=C(CCCc1cccc(F)c1)NCc1nc2c(CCCF)cccc2[nH]1. The highest BCUT2D eigenvalue weighted by molar-refractivity contribution is 5.79. The summed E-state index contributed by atoms with van der Waals surface area (Å²) in [6.07, 6.45) is 2.81. The number of aromatic nitrogens is 2. The molecule has 1 heterocycles. The zero-order chi connectivity index (χ0) is 19.1. The van der Waals surface area contributed by atoms with Crippen molar-refractivity contribution in [2.75, 3.05) is 6.67 Å². The van der Waals surface area contributed by atoms with Crippen molar-refractivity contribution < 1.29 is 13.6 Å². The van der Waals surface area contributed by atoms with Gasteiger partial charge in [-0.25, -0.2) is 9.37 Å². The quantitative estimate of drug-likeness (QED) is 0.591. The molecule has 0 aliphatic carbocycles. The lowest BCUT2D eigenvalue weighted by Gasteiger charge is -2.04. The van der Waals surface area contributed by atoms with Crippen molar-refractivity contribution in [1.82, 2.24) is 15.3 Å². The highest BCUT2D eigenvalue weighted by Gasteiger charge is 2.09. The largest absolute Gasteiger partial charge is 0.349 e. The first-order valence-corrected chi connectivity index (χ1v) is 9.19. The summed E-state index contributed by atoms with van der Waals surface area (Å²) in [5.74, 6) is 0.355. The molecule has 0 saturated carbocycles. The molecule has 0 fully saturated rings.